The quantitative estimate of drug-likeness (QED) is 0.141. The van der Waals surface area contributed by atoms with Gasteiger partial charge < -0.3 is 23.7 Å². The van der Waals surface area contributed by atoms with Gasteiger partial charge in [-0.05, 0) is 43.9 Å². The van der Waals surface area contributed by atoms with E-state index in [0.29, 0.717) is 24.4 Å². The van der Waals surface area contributed by atoms with Gasteiger partial charge in [0.15, 0.2) is 23.0 Å². The summed E-state index contributed by atoms with van der Waals surface area (Å²) < 4.78 is 27.9. The second kappa shape index (κ2) is 15.2. The monoisotopic (exact) mass is 547 g/mol. The Morgan fingerprint density at radius 3 is 2.41 bits per heavy atom. The fraction of sp³-hybridized carbons (Fsp3) is 0.733. The topological polar surface area (TPSA) is 110 Å². The molecule has 0 N–H and O–H groups in total. The molecule has 0 aromatic carbocycles. The number of ketones is 1. The summed E-state index contributed by atoms with van der Waals surface area (Å²) in [6.07, 6.45) is 10.3. The Labute approximate surface area is 232 Å². The van der Waals surface area contributed by atoms with Crippen LogP contribution in [-0.2, 0) is 23.8 Å². The predicted octanol–water partition coefficient (Wildman–Crippen LogP) is 5.53. The predicted molar refractivity (Wildman–Crippen MR) is 145 cm³/mol. The van der Waals surface area contributed by atoms with E-state index in [1.54, 1.807) is 6.92 Å². The van der Waals surface area contributed by atoms with Gasteiger partial charge in [-0.2, -0.15) is 0 Å². The lowest BCUT2D eigenvalue weighted by atomic mass is 9.85. The molecule has 0 bridgehead atoms. The molecule has 2 aliphatic rings. The summed E-state index contributed by atoms with van der Waals surface area (Å²) >= 11 is 0. The summed E-state index contributed by atoms with van der Waals surface area (Å²) in [6.45, 7) is 7.33. The highest BCUT2D eigenvalue weighted by Gasteiger charge is 2.35. The van der Waals surface area contributed by atoms with Crippen molar-refractivity contribution in [3.63, 3.8) is 0 Å². The van der Waals surface area contributed by atoms with Crippen LogP contribution >= 0.6 is 0 Å². The highest BCUT2D eigenvalue weighted by atomic mass is 16.7. The lowest BCUT2D eigenvalue weighted by Gasteiger charge is -2.33. The number of carbonyl (C=O) groups excluding carboxylic acids is 3. The van der Waals surface area contributed by atoms with Crippen molar-refractivity contribution >= 4 is 17.7 Å². The molecule has 0 radical (unpaired) electrons. The molecule has 218 valence electrons. The number of hydrogen-bond donors (Lipinski definition) is 0. The summed E-state index contributed by atoms with van der Waals surface area (Å²) in [5.41, 5.74) is 0.00227. The van der Waals surface area contributed by atoms with Crippen molar-refractivity contribution in [2.24, 2.45) is 23.7 Å². The Hall–Kier alpha value is -2.68. The maximum Gasteiger partial charge on any atom is 0.309 e. The number of ether oxygens (including phenoxy) is 5. The van der Waals surface area contributed by atoms with Gasteiger partial charge >= 0.3 is 11.9 Å². The Bertz CT molecular complexity index is 956. The third kappa shape index (κ3) is 9.48. The van der Waals surface area contributed by atoms with Crippen molar-refractivity contribution in [1.29, 1.82) is 0 Å². The first-order valence-corrected chi connectivity index (χ1v) is 14.4. The minimum absolute atomic E-state index is 0.00227. The van der Waals surface area contributed by atoms with E-state index < -0.39 is 36.5 Å². The van der Waals surface area contributed by atoms with Crippen molar-refractivity contribution < 1.29 is 38.1 Å². The van der Waals surface area contributed by atoms with Crippen LogP contribution in [-0.4, -0.2) is 55.4 Å². The molecule has 0 spiro atoms. The highest BCUT2D eigenvalue weighted by Crippen LogP contribution is 2.36. The van der Waals surface area contributed by atoms with Gasteiger partial charge in [-0.3, -0.25) is 14.4 Å². The molecule has 3 rings (SSSR count). The fourth-order valence-corrected chi connectivity index (χ4v) is 5.32. The van der Waals surface area contributed by atoms with E-state index in [9.17, 15) is 14.4 Å². The number of pyridine rings is 1. The number of aromatic nitrogens is 1. The van der Waals surface area contributed by atoms with E-state index in [0.717, 1.165) is 12.8 Å². The summed E-state index contributed by atoms with van der Waals surface area (Å²) in [4.78, 5) is 41.5. The van der Waals surface area contributed by atoms with E-state index >= 15 is 0 Å². The highest BCUT2D eigenvalue weighted by molar-refractivity contribution is 5.99. The van der Waals surface area contributed by atoms with E-state index in [1.165, 1.54) is 64.8 Å². The maximum atomic E-state index is 13.2. The third-order valence-electron chi connectivity index (χ3n) is 7.80. The second-order valence-corrected chi connectivity index (χ2v) is 11.1. The molecule has 0 saturated heterocycles. The van der Waals surface area contributed by atoms with Gasteiger partial charge in [-0.25, -0.2) is 4.98 Å². The minimum atomic E-state index is -0.701. The van der Waals surface area contributed by atoms with Gasteiger partial charge in [-0.15, -0.1) is 0 Å². The molecular weight excluding hydrogens is 502 g/mol. The number of nitrogens with zero attached hydrogens (tertiary/aromatic N) is 1. The SMILES string of the molecule is CC[C@H](CC1CCCC1)[C@@H](OCC1CC1)[C@H](C)OC(=O)[C@H](C)CC(=O)c1nccc(OC)c1OCOC(C)=O. The first-order valence-electron chi connectivity index (χ1n) is 14.4. The van der Waals surface area contributed by atoms with Gasteiger partial charge in [0, 0.05) is 32.2 Å². The summed E-state index contributed by atoms with van der Waals surface area (Å²) in [6, 6.07) is 1.54. The first-order chi connectivity index (χ1) is 18.7. The summed E-state index contributed by atoms with van der Waals surface area (Å²) in [5.74, 6) is -0.0891. The van der Waals surface area contributed by atoms with Crippen LogP contribution in [0.3, 0.4) is 0 Å². The Balaban J connectivity index is 1.63. The molecule has 1 aromatic heterocycles. The van der Waals surface area contributed by atoms with E-state index in [4.69, 9.17) is 23.7 Å². The van der Waals surface area contributed by atoms with Crippen LogP contribution in [0.25, 0.3) is 0 Å². The average molecular weight is 548 g/mol. The number of esters is 2. The van der Waals surface area contributed by atoms with E-state index in [2.05, 4.69) is 11.9 Å². The molecule has 0 amide bonds. The van der Waals surface area contributed by atoms with Crippen LogP contribution in [0, 0.1) is 23.7 Å². The largest absolute Gasteiger partial charge is 0.493 e. The third-order valence-corrected chi connectivity index (χ3v) is 7.80. The molecule has 2 fully saturated rings. The van der Waals surface area contributed by atoms with Crippen LogP contribution in [0.4, 0.5) is 0 Å². The normalized spacial score (nSPS) is 18.6. The number of hydrogen-bond acceptors (Lipinski definition) is 9. The molecule has 1 heterocycles. The van der Waals surface area contributed by atoms with Crippen LogP contribution in [0.5, 0.6) is 11.5 Å². The zero-order valence-electron chi connectivity index (χ0n) is 24.1. The van der Waals surface area contributed by atoms with Gasteiger partial charge in [0.2, 0.25) is 6.79 Å². The first kappa shape index (κ1) is 30.9. The van der Waals surface area contributed by atoms with E-state index in [-0.39, 0.29) is 29.7 Å². The summed E-state index contributed by atoms with van der Waals surface area (Å²) in [7, 11) is 1.43. The molecule has 39 heavy (non-hydrogen) atoms. The smallest absolute Gasteiger partial charge is 0.309 e. The van der Waals surface area contributed by atoms with Crippen LogP contribution in [0.1, 0.15) is 96.0 Å². The van der Waals surface area contributed by atoms with Crippen molar-refractivity contribution in [3.05, 3.63) is 18.0 Å². The van der Waals surface area contributed by atoms with Crippen LogP contribution < -0.4 is 9.47 Å². The van der Waals surface area contributed by atoms with Crippen molar-refractivity contribution in [2.45, 2.75) is 97.7 Å². The number of methoxy groups -OCH3 is 1. The maximum absolute atomic E-state index is 13.2. The Kier molecular flexibility index (Phi) is 12.0. The standard InChI is InChI=1S/C30H45NO8/c1-6-24(16-22-9-7-8-10-22)28(36-17-23-11-12-23)20(3)39-30(34)19(2)15-25(33)27-29(38-18-37-21(4)32)26(35-5)13-14-31-27/h13-14,19-20,22-24,28H,6-12,15-18H2,1-5H3/t19-,20+,24-,28+/m1/s1. The van der Waals surface area contributed by atoms with E-state index in [1.807, 2.05) is 6.92 Å². The number of rotatable bonds is 17. The van der Waals surface area contributed by atoms with Crippen molar-refractivity contribution in [3.8, 4) is 11.5 Å². The molecule has 2 aliphatic carbocycles. The molecule has 9 heteroatoms. The molecule has 0 unspecified atom stereocenters. The summed E-state index contributed by atoms with van der Waals surface area (Å²) in [5, 5.41) is 0. The number of carbonyl (C=O) groups is 3. The molecule has 1 aromatic rings. The molecule has 4 atom stereocenters. The Morgan fingerprint density at radius 1 is 1.08 bits per heavy atom. The van der Waals surface area contributed by atoms with Crippen molar-refractivity contribution in [1.82, 2.24) is 4.98 Å². The Morgan fingerprint density at radius 2 is 1.79 bits per heavy atom. The molecular formula is C30H45NO8. The molecule has 0 aliphatic heterocycles. The molecule has 9 nitrogen and oxygen atoms in total. The lowest BCUT2D eigenvalue weighted by molar-refractivity contribution is -0.164. The second-order valence-electron chi connectivity index (χ2n) is 11.1. The minimum Gasteiger partial charge on any atom is -0.493 e. The van der Waals surface area contributed by atoms with Gasteiger partial charge in [0.05, 0.1) is 19.1 Å². The van der Waals surface area contributed by atoms with Crippen LogP contribution in [0.15, 0.2) is 12.3 Å². The molecule has 2 saturated carbocycles. The number of Topliss-reactive ketones (excluding diaryl/α,β-unsaturated/α-hetero) is 1. The fourth-order valence-electron chi connectivity index (χ4n) is 5.32. The average Bonchev–Trinajstić information content (AvgIpc) is 3.60. The van der Waals surface area contributed by atoms with Gasteiger partial charge in [0.25, 0.3) is 0 Å². The zero-order chi connectivity index (χ0) is 28.4. The zero-order valence-corrected chi connectivity index (χ0v) is 24.1. The van der Waals surface area contributed by atoms with Crippen LogP contribution in [0.2, 0.25) is 0 Å². The van der Waals surface area contributed by atoms with Gasteiger partial charge in [0.1, 0.15) is 6.10 Å². The van der Waals surface area contributed by atoms with Crippen molar-refractivity contribution in [2.75, 3.05) is 20.5 Å². The van der Waals surface area contributed by atoms with Gasteiger partial charge in [-0.1, -0.05) is 46.0 Å². The lowest BCUT2D eigenvalue weighted by Crippen LogP contribution is -2.39.